The van der Waals surface area contributed by atoms with Crippen LogP contribution < -0.4 is 5.73 Å². The van der Waals surface area contributed by atoms with Gasteiger partial charge in [0.25, 0.3) is 0 Å². The molecule has 0 bridgehead atoms. The molecule has 2 aliphatic rings. The summed E-state index contributed by atoms with van der Waals surface area (Å²) in [5, 5.41) is 21.0. The van der Waals surface area contributed by atoms with Crippen molar-refractivity contribution in [2.24, 2.45) is 5.73 Å². The summed E-state index contributed by atoms with van der Waals surface area (Å²) in [6.07, 6.45) is -0.968. The molecule has 4 N–H and O–H groups in total. The van der Waals surface area contributed by atoms with E-state index in [1.54, 1.807) is 0 Å². The lowest BCUT2D eigenvalue weighted by atomic mass is 9.71. The highest BCUT2D eigenvalue weighted by Crippen LogP contribution is 2.51. The molecule has 2 aromatic rings. The summed E-state index contributed by atoms with van der Waals surface area (Å²) >= 11 is 0. The van der Waals surface area contributed by atoms with Crippen LogP contribution in [0.1, 0.15) is 65.5 Å². The second-order valence-corrected chi connectivity index (χ2v) is 6.41. The highest BCUT2D eigenvalue weighted by atomic mass is 16.3. The molecule has 0 amide bonds. The Balaban J connectivity index is 0.000000753. The predicted octanol–water partition coefficient (Wildman–Crippen LogP) is 3.63. The normalized spacial score (nSPS) is 23.7. The van der Waals surface area contributed by atoms with E-state index in [2.05, 4.69) is 12.1 Å². The smallest absolute Gasteiger partial charge is 0.110 e. The summed E-state index contributed by atoms with van der Waals surface area (Å²) < 4.78 is 0. The molecule has 23 heavy (non-hydrogen) atoms. The van der Waals surface area contributed by atoms with Crippen LogP contribution in [0, 0.1) is 13.8 Å². The van der Waals surface area contributed by atoms with Gasteiger partial charge in [0.05, 0.1) is 0 Å². The topological polar surface area (TPSA) is 66.5 Å². The minimum atomic E-state index is -0.883. The number of aryl methyl sites for hydroxylation is 2. The summed E-state index contributed by atoms with van der Waals surface area (Å²) in [6, 6.07) is 8.16. The number of hydrogen-bond acceptors (Lipinski definition) is 3. The average Bonchev–Trinajstić information content (AvgIpc) is 2.53. The summed E-state index contributed by atoms with van der Waals surface area (Å²) in [5.74, 6) is 0. The van der Waals surface area contributed by atoms with Gasteiger partial charge in [-0.3, -0.25) is 0 Å². The Morgan fingerprint density at radius 1 is 0.826 bits per heavy atom. The Kier molecular flexibility index (Phi) is 4.05. The molecule has 0 radical (unpaired) electrons. The number of hydrogen-bond donors (Lipinski definition) is 3. The molecule has 3 heteroatoms. The van der Waals surface area contributed by atoms with Gasteiger partial charge in [-0.05, 0) is 53.6 Å². The molecule has 3 unspecified atom stereocenters. The average molecular weight is 311 g/mol. The molecule has 122 valence electrons. The van der Waals surface area contributed by atoms with Crippen molar-refractivity contribution in [3.8, 4) is 11.1 Å². The van der Waals surface area contributed by atoms with E-state index >= 15 is 0 Å². The maximum absolute atomic E-state index is 10.5. The van der Waals surface area contributed by atoms with Crippen molar-refractivity contribution in [1.82, 2.24) is 0 Å². The van der Waals surface area contributed by atoms with Crippen LogP contribution in [0.3, 0.4) is 0 Å². The highest BCUT2D eigenvalue weighted by Gasteiger charge is 2.37. The molecule has 2 aliphatic carbocycles. The Labute approximate surface area is 137 Å². The maximum Gasteiger partial charge on any atom is 0.110 e. The van der Waals surface area contributed by atoms with E-state index in [9.17, 15) is 10.2 Å². The quantitative estimate of drug-likeness (QED) is 0.696. The highest BCUT2D eigenvalue weighted by molar-refractivity contribution is 5.83. The molecule has 0 saturated heterocycles. The van der Waals surface area contributed by atoms with Gasteiger partial charge < -0.3 is 15.9 Å². The van der Waals surface area contributed by atoms with Gasteiger partial charge >= 0.3 is 0 Å². The first-order valence-corrected chi connectivity index (χ1v) is 8.37. The van der Waals surface area contributed by atoms with Crippen LogP contribution in [0.25, 0.3) is 11.1 Å². The third-order valence-corrected chi connectivity index (χ3v) is 4.76. The minimum Gasteiger partial charge on any atom is -0.385 e. The standard InChI is InChI=1S/C18H19NO2.C2H6/c1-8-3-10-7-14(19)11-4-9(2)6-13-16(11)15(10)12(5-8)17(20)18(13)21;1-2/h3-6,14,17-18,20-21H,7,19H2,1-2H3;1-2H3. The molecule has 3 atom stereocenters. The zero-order valence-electron chi connectivity index (χ0n) is 14.2. The SMILES string of the molecule is CC.Cc1cc2c3c(c1)C(O)C(O)c1cc(C)cc(c1-3)C(N)C2. The van der Waals surface area contributed by atoms with Crippen molar-refractivity contribution in [2.45, 2.75) is 52.4 Å². The van der Waals surface area contributed by atoms with Gasteiger partial charge in [0.1, 0.15) is 12.2 Å². The molecule has 0 aliphatic heterocycles. The molecule has 3 nitrogen and oxygen atoms in total. The first-order chi connectivity index (χ1) is 11.0. The van der Waals surface area contributed by atoms with E-state index < -0.39 is 12.2 Å². The van der Waals surface area contributed by atoms with Crippen molar-refractivity contribution in [3.05, 3.63) is 57.6 Å². The second kappa shape index (κ2) is 5.75. The first kappa shape index (κ1) is 16.2. The summed E-state index contributed by atoms with van der Waals surface area (Å²) in [5.41, 5.74) is 14.6. The Morgan fingerprint density at radius 2 is 1.30 bits per heavy atom. The van der Waals surface area contributed by atoms with Crippen LogP contribution in [-0.2, 0) is 6.42 Å². The molecular formula is C20H25NO2. The van der Waals surface area contributed by atoms with Crippen LogP contribution in [0.5, 0.6) is 0 Å². The second-order valence-electron chi connectivity index (χ2n) is 6.41. The van der Waals surface area contributed by atoms with E-state index in [1.165, 1.54) is 5.56 Å². The van der Waals surface area contributed by atoms with E-state index in [0.29, 0.717) is 0 Å². The molecule has 0 spiro atoms. The van der Waals surface area contributed by atoms with Crippen LogP contribution in [0.2, 0.25) is 0 Å². The van der Waals surface area contributed by atoms with E-state index in [0.717, 1.165) is 45.4 Å². The Morgan fingerprint density at radius 3 is 1.91 bits per heavy atom. The van der Waals surface area contributed by atoms with Gasteiger partial charge in [-0.2, -0.15) is 0 Å². The first-order valence-electron chi connectivity index (χ1n) is 8.37. The van der Waals surface area contributed by atoms with Gasteiger partial charge in [-0.15, -0.1) is 0 Å². The van der Waals surface area contributed by atoms with Crippen LogP contribution in [0.15, 0.2) is 24.3 Å². The van der Waals surface area contributed by atoms with Crippen molar-refractivity contribution in [1.29, 1.82) is 0 Å². The lowest BCUT2D eigenvalue weighted by Gasteiger charge is -2.37. The Bertz CT molecular complexity index is 767. The largest absolute Gasteiger partial charge is 0.385 e. The monoisotopic (exact) mass is 311 g/mol. The third-order valence-electron chi connectivity index (χ3n) is 4.76. The number of aliphatic hydroxyl groups excluding tert-OH is 2. The summed E-state index contributed by atoms with van der Waals surface area (Å²) in [4.78, 5) is 0. The minimum absolute atomic E-state index is 0.0526. The number of nitrogens with two attached hydrogens (primary N) is 1. The molecule has 0 saturated carbocycles. The number of benzene rings is 2. The van der Waals surface area contributed by atoms with Gasteiger partial charge in [-0.25, -0.2) is 0 Å². The lowest BCUT2D eigenvalue weighted by molar-refractivity contribution is 0.0155. The van der Waals surface area contributed by atoms with Gasteiger partial charge in [0.15, 0.2) is 0 Å². The van der Waals surface area contributed by atoms with Gasteiger partial charge in [0.2, 0.25) is 0 Å². The fourth-order valence-corrected chi connectivity index (χ4v) is 3.94. The summed E-state index contributed by atoms with van der Waals surface area (Å²) in [6.45, 7) is 8.02. The summed E-state index contributed by atoms with van der Waals surface area (Å²) in [7, 11) is 0. The van der Waals surface area contributed by atoms with E-state index in [-0.39, 0.29) is 6.04 Å². The molecule has 0 heterocycles. The zero-order valence-corrected chi connectivity index (χ0v) is 14.2. The molecule has 0 fully saturated rings. The van der Waals surface area contributed by atoms with Crippen LogP contribution in [-0.4, -0.2) is 10.2 Å². The van der Waals surface area contributed by atoms with Gasteiger partial charge in [-0.1, -0.05) is 49.2 Å². The van der Waals surface area contributed by atoms with Crippen molar-refractivity contribution in [2.75, 3.05) is 0 Å². The molecule has 4 rings (SSSR count). The third kappa shape index (κ3) is 2.31. The fourth-order valence-electron chi connectivity index (χ4n) is 3.94. The lowest BCUT2D eigenvalue weighted by Crippen LogP contribution is -2.26. The fraction of sp³-hybridized carbons (Fsp3) is 0.400. The molecule has 0 aromatic heterocycles. The van der Waals surface area contributed by atoms with E-state index in [1.807, 2.05) is 39.8 Å². The van der Waals surface area contributed by atoms with Gasteiger partial charge in [0, 0.05) is 6.04 Å². The van der Waals surface area contributed by atoms with Crippen molar-refractivity contribution >= 4 is 0 Å². The van der Waals surface area contributed by atoms with E-state index in [4.69, 9.17) is 5.73 Å². The number of rotatable bonds is 0. The molecule has 2 aromatic carbocycles. The predicted molar refractivity (Wildman–Crippen MR) is 93.3 cm³/mol. The maximum atomic E-state index is 10.5. The zero-order chi connectivity index (χ0) is 16.9. The molecular weight excluding hydrogens is 286 g/mol. The van der Waals surface area contributed by atoms with Crippen LogP contribution in [0.4, 0.5) is 0 Å². The van der Waals surface area contributed by atoms with Crippen molar-refractivity contribution < 1.29 is 10.2 Å². The Hall–Kier alpha value is -1.68. The van der Waals surface area contributed by atoms with Crippen molar-refractivity contribution in [3.63, 3.8) is 0 Å². The van der Waals surface area contributed by atoms with Crippen LogP contribution >= 0.6 is 0 Å². The number of aliphatic hydroxyl groups is 2.